The third-order valence-electron chi connectivity index (χ3n) is 5.39. The average Bonchev–Trinajstić information content (AvgIpc) is 3.16. The first-order valence-electron chi connectivity index (χ1n) is 9.20. The van der Waals surface area contributed by atoms with Crippen molar-refractivity contribution in [1.82, 2.24) is 0 Å². The molecular formula is C21H21NO6S. The van der Waals surface area contributed by atoms with Crippen molar-refractivity contribution in [2.45, 2.75) is 30.6 Å². The second-order valence-electron chi connectivity index (χ2n) is 7.31. The number of para-hydroxylation sites is 2. The second kappa shape index (κ2) is 7.20. The number of ether oxygens (including phenoxy) is 1. The minimum absolute atomic E-state index is 0.283. The maximum atomic E-state index is 12.7. The molecule has 0 bridgehead atoms. The third-order valence-corrected chi connectivity index (χ3v) is 6.55. The minimum Gasteiger partial charge on any atom is -0.489 e. The number of hydrogen-bond donors (Lipinski definition) is 2. The fourth-order valence-corrected chi connectivity index (χ4v) is 5.58. The molecule has 0 saturated heterocycles. The van der Waals surface area contributed by atoms with Gasteiger partial charge in [-0.3, -0.25) is 4.31 Å². The Morgan fingerprint density at radius 1 is 1.17 bits per heavy atom. The molecule has 4 atom stereocenters. The monoisotopic (exact) mass is 415 g/mol. The molecule has 4 unspecified atom stereocenters. The fraction of sp³-hybridized carbons (Fsp3) is 0.286. The van der Waals surface area contributed by atoms with Crippen molar-refractivity contribution in [2.75, 3.05) is 10.6 Å². The summed E-state index contributed by atoms with van der Waals surface area (Å²) in [6.45, 7) is 0. The van der Waals surface area contributed by atoms with Crippen LogP contribution >= 0.6 is 0 Å². The zero-order chi connectivity index (χ0) is 20.8. The van der Waals surface area contributed by atoms with Crippen molar-refractivity contribution in [3.63, 3.8) is 0 Å². The molecule has 0 radical (unpaired) electrons. The maximum Gasteiger partial charge on any atom is 0.328 e. The van der Waals surface area contributed by atoms with E-state index in [2.05, 4.69) is 0 Å². The van der Waals surface area contributed by atoms with E-state index >= 15 is 0 Å². The number of sulfonamides is 1. The van der Waals surface area contributed by atoms with Gasteiger partial charge in [0.1, 0.15) is 11.9 Å². The summed E-state index contributed by atoms with van der Waals surface area (Å²) >= 11 is 0. The molecule has 0 spiro atoms. The highest BCUT2D eigenvalue weighted by molar-refractivity contribution is 7.92. The van der Waals surface area contributed by atoms with Crippen LogP contribution in [0, 0.1) is 0 Å². The lowest BCUT2D eigenvalue weighted by Crippen LogP contribution is -2.47. The predicted molar refractivity (Wildman–Crippen MR) is 108 cm³/mol. The zero-order valence-corrected chi connectivity index (χ0v) is 16.5. The summed E-state index contributed by atoms with van der Waals surface area (Å²) in [6, 6.07) is 13.3. The van der Waals surface area contributed by atoms with Gasteiger partial charge < -0.3 is 14.9 Å². The molecule has 4 rings (SSSR count). The molecule has 1 heterocycles. The highest BCUT2D eigenvalue weighted by Crippen LogP contribution is 2.51. The lowest BCUT2D eigenvalue weighted by atomic mass is 9.92. The van der Waals surface area contributed by atoms with Gasteiger partial charge in [-0.1, -0.05) is 36.4 Å². The van der Waals surface area contributed by atoms with E-state index in [1.165, 1.54) is 10.4 Å². The van der Waals surface area contributed by atoms with E-state index in [-0.39, 0.29) is 12.3 Å². The highest BCUT2D eigenvalue weighted by atomic mass is 32.2. The molecule has 8 heteroatoms. The molecule has 2 aliphatic rings. The largest absolute Gasteiger partial charge is 0.489 e. The van der Waals surface area contributed by atoms with E-state index < -0.39 is 34.2 Å². The normalized spacial score (nSPS) is 25.4. The number of aliphatic hydroxyl groups is 1. The molecule has 1 aliphatic carbocycles. The van der Waals surface area contributed by atoms with Crippen LogP contribution < -0.4 is 9.04 Å². The number of anilines is 1. The Hall–Kier alpha value is -2.84. The molecule has 152 valence electrons. The van der Waals surface area contributed by atoms with Crippen molar-refractivity contribution in [2.24, 2.45) is 0 Å². The number of carboxylic acids is 1. The standard InChI is InChI=1S/C21H21NO6S/c1-29(26,27)22(14-7-3-2-4-8-14)20-16(23)12-17-19(20)15-9-5-6-13(21(15)28-17)10-11-18(24)25/h2-11,16-17,19-20,23H,12H2,1H3,(H,24,25). The van der Waals surface area contributed by atoms with E-state index in [4.69, 9.17) is 9.84 Å². The van der Waals surface area contributed by atoms with Gasteiger partial charge >= 0.3 is 5.97 Å². The van der Waals surface area contributed by atoms with E-state index in [0.717, 1.165) is 17.9 Å². The van der Waals surface area contributed by atoms with E-state index in [1.807, 2.05) is 6.07 Å². The SMILES string of the molecule is CS(=O)(=O)N(c1ccccc1)C1C(O)CC2Oc3c(C=CC(=O)O)cccc3C21. The molecule has 1 aliphatic heterocycles. The number of carbonyl (C=O) groups is 1. The highest BCUT2D eigenvalue weighted by Gasteiger charge is 2.54. The van der Waals surface area contributed by atoms with Crippen molar-refractivity contribution >= 4 is 27.8 Å². The first-order chi connectivity index (χ1) is 13.8. The molecule has 29 heavy (non-hydrogen) atoms. The summed E-state index contributed by atoms with van der Waals surface area (Å²) in [6.07, 6.45) is 2.61. The van der Waals surface area contributed by atoms with Crippen LogP contribution in [0.15, 0.2) is 54.6 Å². The molecule has 0 aromatic heterocycles. The molecule has 2 aromatic carbocycles. The lowest BCUT2D eigenvalue weighted by Gasteiger charge is -2.34. The van der Waals surface area contributed by atoms with Gasteiger partial charge in [-0.25, -0.2) is 13.2 Å². The molecule has 2 N–H and O–H groups in total. The van der Waals surface area contributed by atoms with Crippen molar-refractivity contribution < 1.29 is 28.2 Å². The summed E-state index contributed by atoms with van der Waals surface area (Å²) in [5, 5.41) is 19.7. The quantitative estimate of drug-likeness (QED) is 0.726. The molecule has 1 fully saturated rings. The number of aliphatic hydroxyl groups excluding tert-OH is 1. The van der Waals surface area contributed by atoms with Crippen molar-refractivity contribution in [1.29, 1.82) is 0 Å². The van der Waals surface area contributed by atoms with Crippen LogP contribution in [0.3, 0.4) is 0 Å². The Balaban J connectivity index is 1.81. The summed E-state index contributed by atoms with van der Waals surface area (Å²) < 4.78 is 32.8. The van der Waals surface area contributed by atoms with Crippen LogP contribution in [0.5, 0.6) is 5.75 Å². The number of fused-ring (bicyclic) bond motifs is 3. The van der Waals surface area contributed by atoms with Gasteiger partial charge in [-0.2, -0.15) is 0 Å². The molecular weight excluding hydrogens is 394 g/mol. The van der Waals surface area contributed by atoms with Gasteiger partial charge in [0.05, 0.1) is 24.1 Å². The van der Waals surface area contributed by atoms with Crippen molar-refractivity contribution in [3.05, 3.63) is 65.7 Å². The third kappa shape index (κ3) is 3.49. The first kappa shape index (κ1) is 19.5. The Morgan fingerprint density at radius 3 is 2.55 bits per heavy atom. The first-order valence-corrected chi connectivity index (χ1v) is 11.1. The molecule has 7 nitrogen and oxygen atoms in total. The smallest absolute Gasteiger partial charge is 0.328 e. The van der Waals surface area contributed by atoms with Gasteiger partial charge in [0.2, 0.25) is 10.0 Å². The molecule has 1 saturated carbocycles. The van der Waals surface area contributed by atoms with Gasteiger partial charge in [0, 0.05) is 29.5 Å². The van der Waals surface area contributed by atoms with E-state index in [0.29, 0.717) is 17.0 Å². The zero-order valence-electron chi connectivity index (χ0n) is 15.7. The van der Waals surface area contributed by atoms with Crippen LogP contribution in [0.1, 0.15) is 23.5 Å². The molecule has 0 amide bonds. The average molecular weight is 415 g/mol. The number of benzene rings is 2. The molecule has 2 aromatic rings. The van der Waals surface area contributed by atoms with Gasteiger partial charge in [-0.05, 0) is 18.2 Å². The summed E-state index contributed by atoms with van der Waals surface area (Å²) in [7, 11) is -3.68. The van der Waals surface area contributed by atoms with Crippen LogP contribution in [0.4, 0.5) is 5.69 Å². The summed E-state index contributed by atoms with van der Waals surface area (Å²) in [5.41, 5.74) is 1.86. The number of nitrogens with zero attached hydrogens (tertiary/aromatic N) is 1. The second-order valence-corrected chi connectivity index (χ2v) is 9.17. The van der Waals surface area contributed by atoms with Crippen LogP contribution in [-0.2, 0) is 14.8 Å². The number of carboxylic acid groups (broad SMARTS) is 1. The Kier molecular flexibility index (Phi) is 4.84. The van der Waals surface area contributed by atoms with Crippen LogP contribution in [0.25, 0.3) is 6.08 Å². The van der Waals surface area contributed by atoms with Crippen LogP contribution in [-0.4, -0.2) is 49.1 Å². The van der Waals surface area contributed by atoms with E-state index in [1.54, 1.807) is 42.5 Å². The van der Waals surface area contributed by atoms with Gasteiger partial charge in [-0.15, -0.1) is 0 Å². The number of hydrogen-bond acceptors (Lipinski definition) is 5. The number of rotatable bonds is 5. The Morgan fingerprint density at radius 2 is 1.90 bits per heavy atom. The fourth-order valence-electron chi connectivity index (χ4n) is 4.37. The van der Waals surface area contributed by atoms with Crippen LogP contribution in [0.2, 0.25) is 0 Å². The minimum atomic E-state index is -3.68. The Labute approximate surface area is 168 Å². The topological polar surface area (TPSA) is 104 Å². The Bertz CT molecular complexity index is 1070. The van der Waals surface area contributed by atoms with Gasteiger partial charge in [0.25, 0.3) is 0 Å². The van der Waals surface area contributed by atoms with E-state index in [9.17, 15) is 18.3 Å². The number of aliphatic carboxylic acids is 1. The maximum absolute atomic E-state index is 12.7. The predicted octanol–water partition coefficient (Wildman–Crippen LogP) is 2.23. The van der Waals surface area contributed by atoms with Crippen molar-refractivity contribution in [3.8, 4) is 5.75 Å². The van der Waals surface area contributed by atoms with Gasteiger partial charge in [0.15, 0.2) is 0 Å². The summed E-state index contributed by atoms with van der Waals surface area (Å²) in [5.74, 6) is -0.895. The lowest BCUT2D eigenvalue weighted by molar-refractivity contribution is -0.131. The summed E-state index contributed by atoms with van der Waals surface area (Å²) in [4.78, 5) is 10.9.